The first-order valence-electron chi connectivity index (χ1n) is 18.4. The number of hydrogen-bond donors (Lipinski definition) is 4. The number of allylic oxidation sites excluding steroid dienone is 1. The molecule has 9 heteroatoms. The number of ether oxygens (including phenoxy) is 2. The predicted molar refractivity (Wildman–Crippen MR) is 175 cm³/mol. The molecule has 9 nitrogen and oxygen atoms in total. The van der Waals surface area contributed by atoms with Crippen molar-refractivity contribution in [1.82, 2.24) is 5.32 Å². The zero-order valence-corrected chi connectivity index (χ0v) is 28.6. The summed E-state index contributed by atoms with van der Waals surface area (Å²) < 4.78 is 11.9. The molecule has 0 aromatic rings. The van der Waals surface area contributed by atoms with Crippen LogP contribution in [-0.4, -0.2) is 71.0 Å². The van der Waals surface area contributed by atoms with Crippen molar-refractivity contribution in [3.63, 3.8) is 0 Å². The molecule has 3 saturated carbocycles. The number of ketones is 2. The Morgan fingerprint density at radius 3 is 2.50 bits per heavy atom. The van der Waals surface area contributed by atoms with E-state index in [-0.39, 0.29) is 43.3 Å². The summed E-state index contributed by atoms with van der Waals surface area (Å²) in [6.07, 6.45) is 13.3. The molecule has 2 aliphatic heterocycles. The molecular formula is C37H60N2O7. The lowest BCUT2D eigenvalue weighted by Crippen LogP contribution is -2.60. The maximum atomic E-state index is 14.5. The zero-order valence-electron chi connectivity index (χ0n) is 28.6. The first-order chi connectivity index (χ1) is 22.0. The predicted octanol–water partition coefficient (Wildman–Crippen LogP) is 4.75. The van der Waals surface area contributed by atoms with Crippen molar-refractivity contribution in [1.29, 1.82) is 0 Å². The van der Waals surface area contributed by atoms with Crippen molar-refractivity contribution in [2.75, 3.05) is 19.8 Å². The summed E-state index contributed by atoms with van der Waals surface area (Å²) in [5, 5.41) is 24.6. The molecule has 0 amide bonds. The van der Waals surface area contributed by atoms with Crippen LogP contribution < -0.4 is 11.1 Å². The monoisotopic (exact) mass is 644 g/mol. The largest absolute Gasteiger partial charge is 0.460 e. The zero-order chi connectivity index (χ0) is 33.1. The number of Topliss-reactive ketones (excluding diaryl/α,β-unsaturated/α-hetero) is 2. The fourth-order valence-corrected chi connectivity index (χ4v) is 9.44. The van der Waals surface area contributed by atoms with Gasteiger partial charge in [0.25, 0.3) is 5.60 Å². The van der Waals surface area contributed by atoms with Crippen LogP contribution in [0.1, 0.15) is 124 Å². The van der Waals surface area contributed by atoms with Crippen molar-refractivity contribution in [3.8, 4) is 0 Å². The molecule has 0 aromatic heterocycles. The van der Waals surface area contributed by atoms with Gasteiger partial charge >= 0.3 is 5.97 Å². The van der Waals surface area contributed by atoms with E-state index >= 15 is 0 Å². The quantitative estimate of drug-likeness (QED) is 0.0909. The van der Waals surface area contributed by atoms with E-state index in [0.29, 0.717) is 36.2 Å². The summed E-state index contributed by atoms with van der Waals surface area (Å²) >= 11 is 0. The summed E-state index contributed by atoms with van der Waals surface area (Å²) in [5.74, 6) is -1.02. The molecule has 2 heterocycles. The number of aliphatic hydroxyl groups excluding tert-OH is 2. The molecule has 0 spiro atoms. The molecule has 5 aliphatic rings. The Bertz CT molecular complexity index is 1130. The van der Waals surface area contributed by atoms with Crippen LogP contribution in [0.15, 0.2) is 11.1 Å². The van der Waals surface area contributed by atoms with E-state index in [4.69, 9.17) is 15.2 Å². The molecule has 3 aliphatic carbocycles. The molecule has 260 valence electrons. The van der Waals surface area contributed by atoms with E-state index in [1.807, 2.05) is 6.92 Å². The molecule has 0 bridgehead atoms. The van der Waals surface area contributed by atoms with Crippen LogP contribution in [0.2, 0.25) is 0 Å². The second kappa shape index (κ2) is 15.3. The Kier molecular flexibility index (Phi) is 11.8. The highest BCUT2D eigenvalue weighted by molar-refractivity contribution is 6.23. The standard InChI is InChI=1S/C37H60N2O7/c1-23(2)18-27-10-7-11-30-32(27)34(43)37(35(44)45-22-29(41)15-14-25-8-5-4-6-9-25)36(46-37,33(30)42)20-28(21-40)24(3)12-13-26-16-17-39-31(38)19-26/h23,25-27,29-32,39-41H,4-22,38H2,1-3H3/t26?,27?,29-,30?,31?,32?,36+,37-/m1/s1. The molecule has 5 rings (SSSR count). The fourth-order valence-electron chi connectivity index (χ4n) is 9.44. The summed E-state index contributed by atoms with van der Waals surface area (Å²) in [7, 11) is 0. The second-order valence-corrected chi connectivity index (χ2v) is 15.8. The summed E-state index contributed by atoms with van der Waals surface area (Å²) in [6, 6.07) is 0. The Hall–Kier alpha value is -1.65. The lowest BCUT2D eigenvalue weighted by Gasteiger charge is -2.42. The minimum Gasteiger partial charge on any atom is -0.460 e. The number of carbonyl (C=O) groups is 3. The molecule has 0 radical (unpaired) electrons. The van der Waals surface area contributed by atoms with Gasteiger partial charge in [-0.25, -0.2) is 4.79 Å². The average Bonchev–Trinajstić information content (AvgIpc) is 3.75. The molecule has 5 unspecified atom stereocenters. The van der Waals surface area contributed by atoms with Gasteiger partial charge in [-0.05, 0) is 101 Å². The smallest absolute Gasteiger partial charge is 0.350 e. The van der Waals surface area contributed by atoms with E-state index in [1.165, 1.54) is 32.1 Å². The Morgan fingerprint density at radius 1 is 1.04 bits per heavy atom. The van der Waals surface area contributed by atoms with Gasteiger partial charge in [-0.2, -0.15) is 0 Å². The van der Waals surface area contributed by atoms with Crippen LogP contribution >= 0.6 is 0 Å². The summed E-state index contributed by atoms with van der Waals surface area (Å²) in [5.41, 5.74) is 4.05. The van der Waals surface area contributed by atoms with Gasteiger partial charge < -0.3 is 30.7 Å². The van der Waals surface area contributed by atoms with E-state index in [0.717, 1.165) is 63.5 Å². The SMILES string of the molecule is CC(CCC1CCNC(N)C1)=C(CO)C[C@@]12O[C@@]1(C(=O)OC[C@H](O)CCC1CCCCC1)C(=O)C1C(CC(C)C)CCCC1C2=O. The van der Waals surface area contributed by atoms with Crippen LogP contribution in [0, 0.1) is 35.5 Å². The van der Waals surface area contributed by atoms with Gasteiger partial charge in [0, 0.05) is 18.3 Å². The summed E-state index contributed by atoms with van der Waals surface area (Å²) in [4.78, 5) is 43.0. The van der Waals surface area contributed by atoms with E-state index in [9.17, 15) is 24.6 Å². The molecule has 5 N–H and O–H groups in total. The number of esters is 1. The maximum Gasteiger partial charge on any atom is 0.350 e. The first-order valence-corrected chi connectivity index (χ1v) is 18.4. The van der Waals surface area contributed by atoms with Crippen molar-refractivity contribution in [2.45, 2.75) is 147 Å². The van der Waals surface area contributed by atoms with Crippen LogP contribution in [0.3, 0.4) is 0 Å². The Balaban J connectivity index is 1.35. The Labute approximate surface area is 275 Å². The van der Waals surface area contributed by atoms with Gasteiger partial charge in [0.05, 0.1) is 18.9 Å². The second-order valence-electron chi connectivity index (χ2n) is 15.8. The van der Waals surface area contributed by atoms with Crippen molar-refractivity contribution >= 4 is 17.5 Å². The van der Waals surface area contributed by atoms with E-state index in [1.54, 1.807) is 0 Å². The highest BCUT2D eigenvalue weighted by Gasteiger charge is 2.87. The third-order valence-electron chi connectivity index (χ3n) is 12.1. The summed E-state index contributed by atoms with van der Waals surface area (Å²) in [6.45, 7) is 6.58. The minimum atomic E-state index is -2.01. The molecule has 8 atom stereocenters. The van der Waals surface area contributed by atoms with Crippen LogP contribution in [0.25, 0.3) is 0 Å². The molecule has 5 fully saturated rings. The number of nitrogens with two attached hydrogens (primary N) is 1. The highest BCUT2D eigenvalue weighted by Crippen LogP contribution is 2.63. The number of rotatable bonds is 14. The van der Waals surface area contributed by atoms with Crippen LogP contribution in [-0.2, 0) is 23.9 Å². The number of epoxide rings is 1. The first kappa shape index (κ1) is 35.7. The lowest BCUT2D eigenvalue weighted by atomic mass is 9.56. The van der Waals surface area contributed by atoms with Gasteiger partial charge in [0.15, 0.2) is 17.2 Å². The van der Waals surface area contributed by atoms with Gasteiger partial charge in [0.1, 0.15) is 6.61 Å². The minimum absolute atomic E-state index is 0.00302. The van der Waals surface area contributed by atoms with E-state index in [2.05, 4.69) is 19.2 Å². The molecule has 0 aromatic carbocycles. The average molecular weight is 645 g/mol. The number of hydrogen-bond acceptors (Lipinski definition) is 9. The topological polar surface area (TPSA) is 151 Å². The van der Waals surface area contributed by atoms with Crippen molar-refractivity contribution in [3.05, 3.63) is 11.1 Å². The molecule has 2 saturated heterocycles. The third-order valence-corrected chi connectivity index (χ3v) is 12.1. The van der Waals surface area contributed by atoms with Gasteiger partial charge in [-0.3, -0.25) is 9.59 Å². The number of piperidine rings is 1. The number of carbonyl (C=O) groups excluding carboxylic acids is 3. The Morgan fingerprint density at radius 2 is 1.80 bits per heavy atom. The third kappa shape index (κ3) is 7.34. The van der Waals surface area contributed by atoms with Crippen molar-refractivity contribution in [2.24, 2.45) is 41.2 Å². The lowest BCUT2D eigenvalue weighted by molar-refractivity contribution is -0.162. The number of nitrogens with one attached hydrogen (secondary N) is 1. The van der Waals surface area contributed by atoms with Crippen molar-refractivity contribution < 1.29 is 34.1 Å². The number of aliphatic hydroxyl groups is 2. The number of fused-ring (bicyclic) bond motifs is 2. The van der Waals surface area contributed by atoms with E-state index < -0.39 is 35.1 Å². The highest BCUT2D eigenvalue weighted by atomic mass is 16.7. The van der Waals surface area contributed by atoms with Gasteiger partial charge in [0.2, 0.25) is 0 Å². The molecule has 46 heavy (non-hydrogen) atoms. The molecular weight excluding hydrogens is 584 g/mol. The van der Waals surface area contributed by atoms with Gasteiger partial charge in [-0.15, -0.1) is 0 Å². The van der Waals surface area contributed by atoms with Gasteiger partial charge in [-0.1, -0.05) is 57.9 Å². The maximum absolute atomic E-state index is 14.5. The normalized spacial score (nSPS) is 36.1. The van der Waals surface area contributed by atoms with Crippen LogP contribution in [0.4, 0.5) is 0 Å². The fraction of sp³-hybridized carbons (Fsp3) is 0.865. The van der Waals surface area contributed by atoms with Crippen LogP contribution in [0.5, 0.6) is 0 Å².